The molecule has 2 saturated heterocycles. The van der Waals surface area contributed by atoms with Gasteiger partial charge in [0.05, 0.1) is 13.2 Å². The van der Waals surface area contributed by atoms with Crippen LogP contribution >= 0.6 is 11.3 Å². The minimum atomic E-state index is -0.0156. The molecule has 3 fully saturated rings. The van der Waals surface area contributed by atoms with E-state index in [1.54, 1.807) is 11.3 Å². The number of carbonyl (C=O) groups excluding carboxylic acids is 1. The van der Waals surface area contributed by atoms with Crippen LogP contribution < -0.4 is 10.2 Å². The van der Waals surface area contributed by atoms with Gasteiger partial charge in [-0.3, -0.25) is 9.69 Å². The van der Waals surface area contributed by atoms with Gasteiger partial charge in [0.15, 0.2) is 5.13 Å². The van der Waals surface area contributed by atoms with E-state index in [1.165, 1.54) is 12.8 Å². The van der Waals surface area contributed by atoms with Gasteiger partial charge in [0.25, 0.3) is 5.91 Å². The Kier molecular flexibility index (Phi) is 4.50. The topological polar surface area (TPSA) is 57.7 Å². The van der Waals surface area contributed by atoms with E-state index in [2.05, 4.69) is 20.1 Å². The van der Waals surface area contributed by atoms with Crippen LogP contribution in [0.25, 0.3) is 0 Å². The monoisotopic (exact) mass is 336 g/mol. The number of nitrogens with one attached hydrogen (secondary N) is 1. The van der Waals surface area contributed by atoms with Crippen LogP contribution in [-0.2, 0) is 4.74 Å². The second-order valence-electron chi connectivity index (χ2n) is 6.63. The molecule has 4 rings (SSSR count). The van der Waals surface area contributed by atoms with E-state index >= 15 is 0 Å². The maximum Gasteiger partial charge on any atom is 0.271 e. The maximum atomic E-state index is 12.0. The molecule has 0 spiro atoms. The van der Waals surface area contributed by atoms with Crippen LogP contribution in [0.15, 0.2) is 5.38 Å². The van der Waals surface area contributed by atoms with Crippen molar-refractivity contribution in [1.29, 1.82) is 0 Å². The van der Waals surface area contributed by atoms with Gasteiger partial charge in [-0.2, -0.15) is 0 Å². The van der Waals surface area contributed by atoms with Crippen molar-refractivity contribution in [1.82, 2.24) is 15.2 Å². The van der Waals surface area contributed by atoms with Crippen LogP contribution in [0.2, 0.25) is 0 Å². The number of anilines is 1. The third kappa shape index (κ3) is 3.67. The number of amides is 1. The van der Waals surface area contributed by atoms with Crippen molar-refractivity contribution in [3.05, 3.63) is 11.1 Å². The lowest BCUT2D eigenvalue weighted by atomic mass is 10.0. The van der Waals surface area contributed by atoms with Crippen molar-refractivity contribution < 1.29 is 9.53 Å². The molecular weight excluding hydrogens is 312 g/mol. The Bertz CT molecular complexity index is 546. The van der Waals surface area contributed by atoms with Crippen LogP contribution in [-0.4, -0.2) is 67.3 Å². The molecule has 1 aromatic rings. The third-order valence-electron chi connectivity index (χ3n) is 4.93. The Hall–Kier alpha value is -1.18. The fourth-order valence-corrected chi connectivity index (χ4v) is 4.23. The molecule has 7 heteroatoms. The lowest BCUT2D eigenvalue weighted by Crippen LogP contribution is -2.49. The summed E-state index contributed by atoms with van der Waals surface area (Å²) in [4.78, 5) is 21.5. The summed E-state index contributed by atoms with van der Waals surface area (Å²) in [6.45, 7) is 5.91. The van der Waals surface area contributed by atoms with Crippen molar-refractivity contribution in [2.75, 3.05) is 44.3 Å². The molecule has 0 aromatic carbocycles. The molecule has 6 nitrogen and oxygen atoms in total. The quantitative estimate of drug-likeness (QED) is 0.899. The number of aromatic nitrogens is 1. The van der Waals surface area contributed by atoms with E-state index in [0.717, 1.165) is 57.4 Å². The highest BCUT2D eigenvalue weighted by Crippen LogP contribution is 2.27. The van der Waals surface area contributed by atoms with Crippen LogP contribution in [0.1, 0.15) is 36.2 Å². The number of hydrogen-bond acceptors (Lipinski definition) is 6. The van der Waals surface area contributed by atoms with Gasteiger partial charge < -0.3 is 15.0 Å². The van der Waals surface area contributed by atoms with Crippen molar-refractivity contribution in [3.8, 4) is 0 Å². The number of ether oxygens (including phenoxy) is 1. The van der Waals surface area contributed by atoms with E-state index in [9.17, 15) is 4.79 Å². The van der Waals surface area contributed by atoms with Gasteiger partial charge in [-0.15, -0.1) is 11.3 Å². The molecule has 3 aliphatic rings. The first kappa shape index (κ1) is 15.4. The summed E-state index contributed by atoms with van der Waals surface area (Å²) in [5.74, 6) is -0.0156. The lowest BCUT2D eigenvalue weighted by molar-refractivity contribution is 0.0115. The number of carbonyl (C=O) groups is 1. The number of nitrogens with zero attached hydrogens (tertiary/aromatic N) is 3. The number of rotatable bonds is 4. The summed E-state index contributed by atoms with van der Waals surface area (Å²) in [6, 6.07) is 1.06. The average molecular weight is 336 g/mol. The minimum absolute atomic E-state index is 0.0156. The van der Waals surface area contributed by atoms with Crippen LogP contribution in [0, 0.1) is 0 Å². The predicted octanol–water partition coefficient (Wildman–Crippen LogP) is 1.34. The second kappa shape index (κ2) is 6.75. The zero-order valence-corrected chi connectivity index (χ0v) is 14.2. The molecule has 1 amide bonds. The zero-order chi connectivity index (χ0) is 15.6. The molecule has 0 atom stereocenters. The Morgan fingerprint density at radius 1 is 1.17 bits per heavy atom. The van der Waals surface area contributed by atoms with E-state index in [0.29, 0.717) is 17.8 Å². The first-order valence-corrected chi connectivity index (χ1v) is 9.51. The standard InChI is InChI=1S/C16H24N4O2S/c21-15(17-12-1-2-12)14-11-23-16(18-14)20-5-3-13(4-6-20)19-7-9-22-10-8-19/h11-13H,1-10H2,(H,17,21). The molecule has 0 unspecified atom stereocenters. The predicted molar refractivity (Wildman–Crippen MR) is 90.2 cm³/mol. The van der Waals surface area contributed by atoms with E-state index < -0.39 is 0 Å². The molecule has 1 N–H and O–H groups in total. The summed E-state index contributed by atoms with van der Waals surface area (Å²) in [5, 5.41) is 5.89. The molecule has 126 valence electrons. The van der Waals surface area contributed by atoms with Crippen LogP contribution in [0.5, 0.6) is 0 Å². The first-order chi connectivity index (χ1) is 11.3. The molecule has 3 heterocycles. The number of morpholine rings is 1. The number of thiazole rings is 1. The summed E-state index contributed by atoms with van der Waals surface area (Å²) in [7, 11) is 0. The van der Waals surface area contributed by atoms with Gasteiger partial charge in [-0.25, -0.2) is 4.98 Å². The lowest BCUT2D eigenvalue weighted by Gasteiger charge is -2.40. The molecule has 1 aliphatic carbocycles. The Morgan fingerprint density at radius 3 is 2.61 bits per heavy atom. The second-order valence-corrected chi connectivity index (χ2v) is 7.47. The molecule has 0 bridgehead atoms. The van der Waals surface area contributed by atoms with Crippen molar-refractivity contribution in [3.63, 3.8) is 0 Å². The fourth-order valence-electron chi connectivity index (χ4n) is 3.37. The van der Waals surface area contributed by atoms with E-state index in [1.807, 2.05) is 5.38 Å². The first-order valence-electron chi connectivity index (χ1n) is 8.63. The van der Waals surface area contributed by atoms with E-state index in [4.69, 9.17) is 4.74 Å². The summed E-state index contributed by atoms with van der Waals surface area (Å²) >= 11 is 1.59. The fraction of sp³-hybridized carbons (Fsp3) is 0.750. The van der Waals surface area contributed by atoms with Crippen LogP contribution in [0.3, 0.4) is 0 Å². The molecule has 2 aliphatic heterocycles. The number of piperidine rings is 1. The highest BCUT2D eigenvalue weighted by molar-refractivity contribution is 7.13. The van der Waals surface area contributed by atoms with Crippen molar-refractivity contribution >= 4 is 22.4 Å². The highest BCUT2D eigenvalue weighted by atomic mass is 32.1. The van der Waals surface area contributed by atoms with Gasteiger partial charge >= 0.3 is 0 Å². The molecule has 1 saturated carbocycles. The summed E-state index contributed by atoms with van der Waals surface area (Å²) in [5.41, 5.74) is 0.576. The summed E-state index contributed by atoms with van der Waals surface area (Å²) in [6.07, 6.45) is 4.56. The molecule has 23 heavy (non-hydrogen) atoms. The third-order valence-corrected chi connectivity index (χ3v) is 5.84. The maximum absolute atomic E-state index is 12.0. The smallest absolute Gasteiger partial charge is 0.271 e. The van der Waals surface area contributed by atoms with Gasteiger partial charge in [0, 0.05) is 43.6 Å². The minimum Gasteiger partial charge on any atom is -0.379 e. The number of hydrogen-bond donors (Lipinski definition) is 1. The van der Waals surface area contributed by atoms with Gasteiger partial charge in [0.1, 0.15) is 5.69 Å². The SMILES string of the molecule is O=C(NC1CC1)c1csc(N2CCC(N3CCOCC3)CC2)n1. The Balaban J connectivity index is 1.31. The van der Waals surface area contributed by atoms with Crippen molar-refractivity contribution in [2.24, 2.45) is 0 Å². The van der Waals surface area contributed by atoms with E-state index in [-0.39, 0.29) is 5.91 Å². The van der Waals surface area contributed by atoms with Crippen molar-refractivity contribution in [2.45, 2.75) is 37.8 Å². The highest BCUT2D eigenvalue weighted by Gasteiger charge is 2.28. The van der Waals surface area contributed by atoms with Gasteiger partial charge in [0.2, 0.25) is 0 Å². The average Bonchev–Trinajstić information content (AvgIpc) is 3.27. The van der Waals surface area contributed by atoms with Gasteiger partial charge in [-0.1, -0.05) is 0 Å². The molecular formula is C16H24N4O2S. The zero-order valence-electron chi connectivity index (χ0n) is 13.4. The van der Waals surface area contributed by atoms with Crippen LogP contribution in [0.4, 0.5) is 5.13 Å². The summed E-state index contributed by atoms with van der Waals surface area (Å²) < 4.78 is 5.44. The van der Waals surface area contributed by atoms with Gasteiger partial charge in [-0.05, 0) is 25.7 Å². The Labute approximate surface area is 140 Å². The Morgan fingerprint density at radius 2 is 1.91 bits per heavy atom. The largest absolute Gasteiger partial charge is 0.379 e. The normalized spacial score (nSPS) is 23.9. The molecule has 0 radical (unpaired) electrons. The molecule has 1 aromatic heterocycles.